The molecule has 0 radical (unpaired) electrons. The summed E-state index contributed by atoms with van der Waals surface area (Å²) in [6, 6.07) is 4.35. The number of ether oxygens (including phenoxy) is 1. The lowest BCUT2D eigenvalue weighted by molar-refractivity contribution is -0.111. The van der Waals surface area contributed by atoms with Crippen LogP contribution in [0.25, 0.3) is 0 Å². The maximum absolute atomic E-state index is 11.5. The molecule has 1 rings (SSSR count). The minimum atomic E-state index is -1.08. The number of allylic oxidation sites excluding steroid dienone is 3. The van der Waals surface area contributed by atoms with Gasteiger partial charge in [-0.1, -0.05) is 18.2 Å². The van der Waals surface area contributed by atoms with Gasteiger partial charge in [-0.25, -0.2) is 4.79 Å². The second-order valence-electron chi connectivity index (χ2n) is 3.59. The van der Waals surface area contributed by atoms with Gasteiger partial charge in [0.25, 0.3) is 0 Å². The van der Waals surface area contributed by atoms with E-state index < -0.39 is 5.97 Å². The minimum Gasteiger partial charge on any atom is -0.496 e. The molecule has 19 heavy (non-hydrogen) atoms. The number of aromatic carboxylic acids is 1. The van der Waals surface area contributed by atoms with E-state index in [0.717, 1.165) is 0 Å². The largest absolute Gasteiger partial charge is 0.496 e. The van der Waals surface area contributed by atoms with Gasteiger partial charge in [0.05, 0.1) is 7.11 Å². The Morgan fingerprint density at radius 3 is 2.63 bits per heavy atom. The number of amides is 1. The van der Waals surface area contributed by atoms with Gasteiger partial charge in [0.15, 0.2) is 0 Å². The van der Waals surface area contributed by atoms with E-state index in [2.05, 4.69) is 5.32 Å². The quantitative estimate of drug-likeness (QED) is 0.630. The van der Waals surface area contributed by atoms with Gasteiger partial charge in [-0.3, -0.25) is 4.79 Å². The highest BCUT2D eigenvalue weighted by molar-refractivity contribution is 6.00. The third-order valence-electron chi connectivity index (χ3n) is 2.25. The molecule has 2 N–H and O–H groups in total. The van der Waals surface area contributed by atoms with Crippen LogP contribution in [-0.4, -0.2) is 24.1 Å². The fourth-order valence-electron chi connectivity index (χ4n) is 1.38. The van der Waals surface area contributed by atoms with E-state index in [9.17, 15) is 9.59 Å². The van der Waals surface area contributed by atoms with Crippen molar-refractivity contribution in [2.24, 2.45) is 0 Å². The first kappa shape index (κ1) is 14.5. The van der Waals surface area contributed by atoms with E-state index in [1.165, 1.54) is 31.4 Å². The smallest absolute Gasteiger partial charge is 0.339 e. The molecule has 0 atom stereocenters. The Balaban J connectivity index is 2.86. The number of carboxylic acids is 1. The van der Waals surface area contributed by atoms with Crippen molar-refractivity contribution in [3.63, 3.8) is 0 Å². The molecule has 5 nitrogen and oxygen atoms in total. The highest BCUT2D eigenvalue weighted by Gasteiger charge is 2.11. The summed E-state index contributed by atoms with van der Waals surface area (Å²) in [7, 11) is 1.37. The molecule has 1 aromatic rings. The third kappa shape index (κ3) is 4.31. The number of carbonyl (C=O) groups is 2. The van der Waals surface area contributed by atoms with Crippen LogP contribution < -0.4 is 10.1 Å². The number of methoxy groups -OCH3 is 1. The van der Waals surface area contributed by atoms with Crippen molar-refractivity contribution in [2.45, 2.75) is 6.92 Å². The van der Waals surface area contributed by atoms with Crippen LogP contribution in [0, 0.1) is 0 Å². The zero-order chi connectivity index (χ0) is 14.3. The van der Waals surface area contributed by atoms with Crippen molar-refractivity contribution in [2.75, 3.05) is 12.4 Å². The van der Waals surface area contributed by atoms with Gasteiger partial charge in [0, 0.05) is 17.8 Å². The summed E-state index contributed by atoms with van der Waals surface area (Å²) in [6.07, 6.45) is 6.51. The summed E-state index contributed by atoms with van der Waals surface area (Å²) in [5.74, 6) is -1.19. The normalized spacial score (nSPS) is 10.8. The van der Waals surface area contributed by atoms with Gasteiger partial charge >= 0.3 is 5.97 Å². The van der Waals surface area contributed by atoms with Gasteiger partial charge in [-0.15, -0.1) is 0 Å². The molecule has 0 aliphatic carbocycles. The van der Waals surface area contributed by atoms with Crippen molar-refractivity contribution >= 4 is 17.6 Å². The van der Waals surface area contributed by atoms with Gasteiger partial charge in [0.1, 0.15) is 11.3 Å². The summed E-state index contributed by atoms with van der Waals surface area (Å²) < 4.78 is 4.97. The summed E-state index contributed by atoms with van der Waals surface area (Å²) in [5, 5.41) is 11.5. The van der Waals surface area contributed by atoms with Crippen LogP contribution in [0.1, 0.15) is 17.3 Å². The van der Waals surface area contributed by atoms with Crippen molar-refractivity contribution in [3.8, 4) is 5.75 Å². The number of hydrogen-bond donors (Lipinski definition) is 2. The first-order chi connectivity index (χ1) is 9.08. The Morgan fingerprint density at radius 1 is 1.32 bits per heavy atom. The molecule has 1 amide bonds. The van der Waals surface area contributed by atoms with Gasteiger partial charge in [-0.2, -0.15) is 0 Å². The Bertz CT molecular complexity index is 532. The Morgan fingerprint density at radius 2 is 2.05 bits per heavy atom. The van der Waals surface area contributed by atoms with E-state index in [4.69, 9.17) is 9.84 Å². The molecule has 0 spiro atoms. The van der Waals surface area contributed by atoms with E-state index in [1.54, 1.807) is 18.2 Å². The summed E-state index contributed by atoms with van der Waals surface area (Å²) >= 11 is 0. The van der Waals surface area contributed by atoms with E-state index in [0.29, 0.717) is 5.69 Å². The van der Waals surface area contributed by atoms with Crippen LogP contribution in [0.4, 0.5) is 5.69 Å². The molecule has 5 heteroatoms. The summed E-state index contributed by atoms with van der Waals surface area (Å²) in [4.78, 5) is 22.4. The molecule has 0 saturated carbocycles. The maximum atomic E-state index is 11.5. The molecule has 0 saturated heterocycles. The summed E-state index contributed by atoms with van der Waals surface area (Å²) in [5.41, 5.74) is 0.516. The first-order valence-electron chi connectivity index (χ1n) is 5.60. The molecule has 1 aromatic carbocycles. The van der Waals surface area contributed by atoms with Crippen LogP contribution in [0.15, 0.2) is 42.5 Å². The highest BCUT2D eigenvalue weighted by atomic mass is 16.5. The zero-order valence-electron chi connectivity index (χ0n) is 10.7. The van der Waals surface area contributed by atoms with Crippen LogP contribution >= 0.6 is 0 Å². The van der Waals surface area contributed by atoms with Crippen molar-refractivity contribution in [1.29, 1.82) is 0 Å². The fourth-order valence-corrected chi connectivity index (χ4v) is 1.38. The number of carbonyl (C=O) groups excluding carboxylic acids is 1. The molecule has 0 fully saturated rings. The second kappa shape index (κ2) is 7.00. The number of carboxylic acid groups (broad SMARTS) is 1. The second-order valence-corrected chi connectivity index (χ2v) is 3.59. The number of nitrogens with one attached hydrogen (secondary N) is 1. The SMILES string of the molecule is CC=C/C=C/C(=O)Nc1ccc(C(=O)O)c(OC)c1. The lowest BCUT2D eigenvalue weighted by atomic mass is 10.2. The molecule has 100 valence electrons. The minimum absolute atomic E-state index is 0.0463. The van der Waals surface area contributed by atoms with Crippen LogP contribution in [0.5, 0.6) is 5.75 Å². The van der Waals surface area contributed by atoms with Gasteiger partial charge < -0.3 is 15.2 Å². The predicted molar refractivity (Wildman–Crippen MR) is 72.5 cm³/mol. The Hall–Kier alpha value is -2.56. The maximum Gasteiger partial charge on any atom is 0.339 e. The van der Waals surface area contributed by atoms with Crippen LogP contribution in [0.2, 0.25) is 0 Å². The van der Waals surface area contributed by atoms with E-state index >= 15 is 0 Å². The molecule has 0 aliphatic heterocycles. The van der Waals surface area contributed by atoms with Gasteiger partial charge in [-0.05, 0) is 19.1 Å². The molecular formula is C14H15NO4. The molecule has 0 unspecified atom stereocenters. The number of rotatable bonds is 5. The highest BCUT2D eigenvalue weighted by Crippen LogP contribution is 2.23. The average molecular weight is 261 g/mol. The third-order valence-corrected chi connectivity index (χ3v) is 2.25. The van der Waals surface area contributed by atoms with Crippen molar-refractivity contribution in [1.82, 2.24) is 0 Å². The van der Waals surface area contributed by atoms with Gasteiger partial charge in [0.2, 0.25) is 5.91 Å². The summed E-state index contributed by atoms with van der Waals surface area (Å²) in [6.45, 7) is 1.84. The number of anilines is 1. The standard InChI is InChI=1S/C14H15NO4/c1-3-4-5-6-13(16)15-10-7-8-11(14(17)18)12(9-10)19-2/h3-9H,1-2H3,(H,15,16)(H,17,18)/b4-3?,6-5+. The molecule has 0 heterocycles. The number of benzene rings is 1. The van der Waals surface area contributed by atoms with Crippen molar-refractivity contribution in [3.05, 3.63) is 48.1 Å². The van der Waals surface area contributed by atoms with E-state index in [1.807, 2.05) is 6.92 Å². The Kier molecular flexibility index (Phi) is 5.35. The lowest BCUT2D eigenvalue weighted by Crippen LogP contribution is -2.09. The molecule has 0 bridgehead atoms. The average Bonchev–Trinajstić information content (AvgIpc) is 2.38. The Labute approximate surface area is 111 Å². The zero-order valence-corrected chi connectivity index (χ0v) is 10.7. The lowest BCUT2D eigenvalue weighted by Gasteiger charge is -2.08. The first-order valence-corrected chi connectivity index (χ1v) is 5.60. The van der Waals surface area contributed by atoms with E-state index in [-0.39, 0.29) is 17.2 Å². The van der Waals surface area contributed by atoms with Crippen LogP contribution in [-0.2, 0) is 4.79 Å². The van der Waals surface area contributed by atoms with Crippen molar-refractivity contribution < 1.29 is 19.4 Å². The predicted octanol–water partition coefficient (Wildman–Crippen LogP) is 2.46. The molecule has 0 aliphatic rings. The molecule has 0 aromatic heterocycles. The van der Waals surface area contributed by atoms with Crippen LogP contribution in [0.3, 0.4) is 0 Å². The number of hydrogen-bond acceptors (Lipinski definition) is 3. The monoisotopic (exact) mass is 261 g/mol. The molecular weight excluding hydrogens is 246 g/mol. The fraction of sp³-hybridized carbons (Fsp3) is 0.143. The topological polar surface area (TPSA) is 75.6 Å².